The van der Waals surface area contributed by atoms with Gasteiger partial charge in [-0.3, -0.25) is 4.79 Å². The first-order valence-corrected chi connectivity index (χ1v) is 28.4. The first kappa shape index (κ1) is 60.1. The fraction of sp³-hybridized carbons (Fsp3) is 0.947. The minimum Gasteiger partial charge on any atom is -0.394 e. The normalized spacial score (nSPS) is 12.8. The van der Waals surface area contributed by atoms with Crippen molar-refractivity contribution in [1.82, 2.24) is 5.32 Å². The largest absolute Gasteiger partial charge is 0.394 e. The van der Waals surface area contributed by atoms with Crippen molar-refractivity contribution >= 4 is 5.91 Å². The topological polar surface area (TPSA) is 69.6 Å². The van der Waals surface area contributed by atoms with Crippen LogP contribution < -0.4 is 5.32 Å². The Morgan fingerprint density at radius 1 is 0.377 bits per heavy atom. The molecule has 0 aromatic heterocycles. The lowest BCUT2D eigenvalue weighted by molar-refractivity contribution is -0.123. The number of nitrogens with one attached hydrogen (secondary N) is 1. The van der Waals surface area contributed by atoms with Crippen LogP contribution >= 0.6 is 0 Å². The molecule has 61 heavy (non-hydrogen) atoms. The molecule has 0 aliphatic carbocycles. The van der Waals surface area contributed by atoms with Gasteiger partial charge in [0.15, 0.2) is 0 Å². The summed E-state index contributed by atoms with van der Waals surface area (Å²) in [6.45, 7) is 4.39. The van der Waals surface area contributed by atoms with E-state index >= 15 is 0 Å². The summed E-state index contributed by atoms with van der Waals surface area (Å²) in [5.74, 6) is -0.0252. The molecule has 2 unspecified atom stereocenters. The van der Waals surface area contributed by atoms with Crippen molar-refractivity contribution < 1.29 is 15.0 Å². The van der Waals surface area contributed by atoms with Crippen LogP contribution in [-0.4, -0.2) is 34.9 Å². The number of rotatable bonds is 53. The second-order valence-corrected chi connectivity index (χ2v) is 19.7. The highest BCUT2D eigenvalue weighted by atomic mass is 16.3. The zero-order valence-corrected chi connectivity index (χ0v) is 42.0. The summed E-state index contributed by atoms with van der Waals surface area (Å²) in [4.78, 5) is 12.5. The molecule has 0 heterocycles. The summed E-state index contributed by atoms with van der Waals surface area (Å²) < 4.78 is 0. The van der Waals surface area contributed by atoms with Crippen molar-refractivity contribution in [2.75, 3.05) is 6.61 Å². The van der Waals surface area contributed by atoms with E-state index in [0.717, 1.165) is 25.7 Å². The summed E-state index contributed by atoms with van der Waals surface area (Å²) in [7, 11) is 0. The molecule has 0 bridgehead atoms. The summed E-state index contributed by atoms with van der Waals surface area (Å²) >= 11 is 0. The molecular weight excluding hydrogens is 747 g/mol. The van der Waals surface area contributed by atoms with Crippen LogP contribution in [0.3, 0.4) is 0 Å². The zero-order valence-electron chi connectivity index (χ0n) is 42.0. The molecule has 0 aliphatic rings. The number of carbonyl (C=O) groups is 1. The molecule has 364 valence electrons. The van der Waals surface area contributed by atoms with Crippen LogP contribution in [0, 0.1) is 0 Å². The van der Waals surface area contributed by atoms with Crippen molar-refractivity contribution in [3.63, 3.8) is 0 Å². The smallest absolute Gasteiger partial charge is 0.220 e. The van der Waals surface area contributed by atoms with Crippen molar-refractivity contribution in [3.05, 3.63) is 12.2 Å². The molecule has 0 aromatic carbocycles. The maximum atomic E-state index is 12.5. The van der Waals surface area contributed by atoms with Gasteiger partial charge in [-0.1, -0.05) is 296 Å². The van der Waals surface area contributed by atoms with Gasteiger partial charge >= 0.3 is 0 Å². The molecule has 0 aromatic rings. The van der Waals surface area contributed by atoms with E-state index in [0.29, 0.717) is 12.8 Å². The Hall–Kier alpha value is -0.870. The molecule has 1 amide bonds. The average Bonchev–Trinajstić information content (AvgIpc) is 3.26. The van der Waals surface area contributed by atoms with Gasteiger partial charge in [0, 0.05) is 6.42 Å². The predicted octanol–water partition coefficient (Wildman–Crippen LogP) is 18.5. The molecule has 0 saturated heterocycles. The van der Waals surface area contributed by atoms with E-state index in [-0.39, 0.29) is 12.5 Å². The Morgan fingerprint density at radius 2 is 0.623 bits per heavy atom. The van der Waals surface area contributed by atoms with Gasteiger partial charge < -0.3 is 15.5 Å². The number of hydrogen-bond acceptors (Lipinski definition) is 3. The van der Waals surface area contributed by atoms with E-state index in [1.165, 1.54) is 276 Å². The Kier molecular flexibility index (Phi) is 52.7. The van der Waals surface area contributed by atoms with Crippen LogP contribution in [0.4, 0.5) is 0 Å². The van der Waals surface area contributed by atoms with Crippen molar-refractivity contribution in [1.29, 1.82) is 0 Å². The summed E-state index contributed by atoms with van der Waals surface area (Å²) in [6, 6.07) is -0.532. The zero-order chi connectivity index (χ0) is 44.2. The third kappa shape index (κ3) is 50.0. The Labute approximate surface area is 384 Å². The van der Waals surface area contributed by atoms with Crippen LogP contribution in [0.1, 0.15) is 328 Å². The third-order valence-electron chi connectivity index (χ3n) is 13.5. The second-order valence-electron chi connectivity index (χ2n) is 19.7. The van der Waals surface area contributed by atoms with Gasteiger partial charge in [-0.15, -0.1) is 0 Å². The van der Waals surface area contributed by atoms with Crippen molar-refractivity contribution in [2.45, 2.75) is 341 Å². The molecule has 0 aliphatic heterocycles. The first-order valence-electron chi connectivity index (χ1n) is 28.4. The molecule has 0 radical (unpaired) electrons. The molecule has 0 saturated carbocycles. The van der Waals surface area contributed by atoms with Crippen molar-refractivity contribution in [2.24, 2.45) is 0 Å². The number of hydrogen-bond donors (Lipinski definition) is 3. The van der Waals surface area contributed by atoms with Crippen molar-refractivity contribution in [3.8, 4) is 0 Å². The average molecular weight is 861 g/mol. The Morgan fingerprint density at radius 3 is 0.902 bits per heavy atom. The highest BCUT2D eigenvalue weighted by Crippen LogP contribution is 2.18. The molecule has 2 atom stereocenters. The summed E-state index contributed by atoms with van der Waals surface area (Å²) in [6.07, 6.45) is 69.3. The Bertz CT molecular complexity index is 844. The molecule has 0 fully saturated rings. The first-order chi connectivity index (χ1) is 30.2. The van der Waals surface area contributed by atoms with Gasteiger partial charge in [0.1, 0.15) is 0 Å². The van der Waals surface area contributed by atoms with Gasteiger partial charge in [-0.25, -0.2) is 0 Å². The van der Waals surface area contributed by atoms with E-state index < -0.39 is 12.1 Å². The number of carbonyl (C=O) groups excluding carboxylic acids is 1. The fourth-order valence-corrected chi connectivity index (χ4v) is 9.18. The highest BCUT2D eigenvalue weighted by Gasteiger charge is 2.20. The number of unbranched alkanes of at least 4 members (excludes halogenated alkanes) is 44. The second kappa shape index (κ2) is 53.5. The van der Waals surface area contributed by atoms with Gasteiger partial charge in [-0.05, 0) is 38.5 Å². The number of aliphatic hydroxyl groups excluding tert-OH is 2. The number of allylic oxidation sites excluding steroid dienone is 2. The minimum absolute atomic E-state index is 0.0252. The SMILES string of the molecule is CCCCCCCCCCCCCCCC/C=C\CCCCCCCCCCCCCCCCCCCC(=O)NC(CO)C(O)CCCCCCCCCCCCCCCC. The van der Waals surface area contributed by atoms with E-state index in [9.17, 15) is 15.0 Å². The van der Waals surface area contributed by atoms with Crippen LogP contribution in [0.5, 0.6) is 0 Å². The molecule has 3 N–H and O–H groups in total. The van der Waals surface area contributed by atoms with Gasteiger partial charge in [0.05, 0.1) is 18.8 Å². The van der Waals surface area contributed by atoms with Crippen LogP contribution in [0.2, 0.25) is 0 Å². The van der Waals surface area contributed by atoms with Crippen LogP contribution in [-0.2, 0) is 4.79 Å². The van der Waals surface area contributed by atoms with E-state index in [2.05, 4.69) is 31.3 Å². The summed E-state index contributed by atoms with van der Waals surface area (Å²) in [5, 5.41) is 23.3. The maximum absolute atomic E-state index is 12.5. The number of aliphatic hydroxyl groups is 2. The molecule has 4 heteroatoms. The minimum atomic E-state index is -0.655. The van der Waals surface area contributed by atoms with Gasteiger partial charge in [0.25, 0.3) is 0 Å². The van der Waals surface area contributed by atoms with E-state index in [1.807, 2.05) is 0 Å². The summed E-state index contributed by atoms with van der Waals surface area (Å²) in [5.41, 5.74) is 0. The molecule has 0 spiro atoms. The Balaban J connectivity index is 3.37. The number of amides is 1. The lowest BCUT2D eigenvalue weighted by Crippen LogP contribution is -2.45. The van der Waals surface area contributed by atoms with Crippen LogP contribution in [0.25, 0.3) is 0 Å². The highest BCUT2D eigenvalue weighted by molar-refractivity contribution is 5.76. The third-order valence-corrected chi connectivity index (χ3v) is 13.5. The quantitative estimate of drug-likeness (QED) is 0.0421. The van der Waals surface area contributed by atoms with Gasteiger partial charge in [0.2, 0.25) is 5.91 Å². The molecular formula is C57H113NO3. The monoisotopic (exact) mass is 860 g/mol. The predicted molar refractivity (Wildman–Crippen MR) is 272 cm³/mol. The van der Waals surface area contributed by atoms with E-state index in [4.69, 9.17) is 0 Å². The standard InChI is InChI=1S/C57H113NO3/c1-3-5-7-9-11-13-15-17-19-20-21-22-23-24-25-26-27-28-29-30-31-32-33-34-35-36-37-38-39-41-43-45-47-49-51-53-57(61)58-55(54-59)56(60)52-50-48-46-44-42-40-18-16-14-12-10-8-6-4-2/h26-27,55-56,59-60H,3-25,28-54H2,1-2H3,(H,58,61)/b27-26-. The lowest BCUT2D eigenvalue weighted by atomic mass is 10.0. The molecule has 4 nitrogen and oxygen atoms in total. The van der Waals surface area contributed by atoms with E-state index in [1.54, 1.807) is 0 Å². The lowest BCUT2D eigenvalue weighted by Gasteiger charge is -2.22. The van der Waals surface area contributed by atoms with Gasteiger partial charge in [-0.2, -0.15) is 0 Å². The fourth-order valence-electron chi connectivity index (χ4n) is 9.18. The maximum Gasteiger partial charge on any atom is 0.220 e. The van der Waals surface area contributed by atoms with Crippen LogP contribution in [0.15, 0.2) is 12.2 Å². The molecule has 0 rings (SSSR count).